The van der Waals surface area contributed by atoms with E-state index in [1.807, 2.05) is 30.3 Å². The van der Waals surface area contributed by atoms with E-state index >= 15 is 0 Å². The smallest absolute Gasteiger partial charge is 0.220 e. The van der Waals surface area contributed by atoms with Gasteiger partial charge in [-0.15, -0.1) is 0 Å². The van der Waals surface area contributed by atoms with Crippen molar-refractivity contribution in [2.75, 3.05) is 0 Å². The van der Waals surface area contributed by atoms with Crippen LogP contribution >= 0.6 is 23.2 Å². The fourth-order valence-corrected chi connectivity index (χ4v) is 2.67. The van der Waals surface area contributed by atoms with Crippen molar-refractivity contribution in [3.8, 4) is 11.3 Å². The van der Waals surface area contributed by atoms with Crippen molar-refractivity contribution in [1.29, 1.82) is 0 Å². The molecule has 0 aliphatic heterocycles. The van der Waals surface area contributed by atoms with E-state index < -0.39 is 0 Å². The second-order valence-electron chi connectivity index (χ2n) is 5.53. The summed E-state index contributed by atoms with van der Waals surface area (Å²) in [6, 6.07) is 14.7. The van der Waals surface area contributed by atoms with E-state index in [0.717, 1.165) is 11.1 Å². The van der Waals surface area contributed by atoms with Crippen LogP contribution in [0.15, 0.2) is 59.1 Å². The number of oxazole rings is 1. The number of hydrogen-bond donors (Lipinski definition) is 1. The standard InChI is InChI=1S/C19H16Cl2N2O2/c20-15-6-4-14(5-7-15)17-12-23-19(25-17)9-8-18(24)22-11-13-2-1-3-16(21)10-13/h1-7,10,12H,8-9,11H2,(H,22,24). The molecule has 3 rings (SSSR count). The Kier molecular flexibility index (Phi) is 5.74. The number of amides is 1. The van der Waals surface area contributed by atoms with Gasteiger partial charge < -0.3 is 9.73 Å². The van der Waals surface area contributed by atoms with Crippen LogP contribution in [0.2, 0.25) is 10.0 Å². The van der Waals surface area contributed by atoms with Crippen LogP contribution in [0.1, 0.15) is 17.9 Å². The number of benzene rings is 2. The Balaban J connectivity index is 1.50. The van der Waals surface area contributed by atoms with Crippen LogP contribution in [0.5, 0.6) is 0 Å². The molecule has 1 heterocycles. The fourth-order valence-electron chi connectivity index (χ4n) is 2.33. The van der Waals surface area contributed by atoms with E-state index in [1.165, 1.54) is 0 Å². The molecule has 2 aromatic carbocycles. The number of nitrogens with one attached hydrogen (secondary N) is 1. The van der Waals surface area contributed by atoms with E-state index in [4.69, 9.17) is 27.6 Å². The minimum absolute atomic E-state index is 0.0637. The number of hydrogen-bond acceptors (Lipinski definition) is 3. The van der Waals surface area contributed by atoms with Gasteiger partial charge in [0, 0.05) is 35.0 Å². The van der Waals surface area contributed by atoms with E-state index in [9.17, 15) is 4.79 Å². The van der Waals surface area contributed by atoms with Crippen molar-refractivity contribution in [2.45, 2.75) is 19.4 Å². The number of carbonyl (C=O) groups excluding carboxylic acids is 1. The molecule has 0 aliphatic carbocycles. The maximum absolute atomic E-state index is 12.0. The van der Waals surface area contributed by atoms with Crippen LogP contribution in [0, 0.1) is 0 Å². The third-order valence-electron chi connectivity index (χ3n) is 3.63. The summed E-state index contributed by atoms with van der Waals surface area (Å²) in [7, 11) is 0. The number of aromatic nitrogens is 1. The van der Waals surface area contributed by atoms with Crippen LogP contribution in [-0.2, 0) is 17.8 Å². The highest BCUT2D eigenvalue weighted by atomic mass is 35.5. The molecular weight excluding hydrogens is 359 g/mol. The van der Waals surface area contributed by atoms with Gasteiger partial charge in [-0.05, 0) is 42.0 Å². The minimum Gasteiger partial charge on any atom is -0.441 e. The second kappa shape index (κ2) is 8.19. The largest absolute Gasteiger partial charge is 0.441 e. The number of halogens is 2. The van der Waals surface area contributed by atoms with Crippen molar-refractivity contribution >= 4 is 29.1 Å². The van der Waals surface area contributed by atoms with Crippen LogP contribution < -0.4 is 5.32 Å². The summed E-state index contributed by atoms with van der Waals surface area (Å²) < 4.78 is 5.69. The first kappa shape index (κ1) is 17.5. The van der Waals surface area contributed by atoms with E-state index in [2.05, 4.69) is 10.3 Å². The first-order chi connectivity index (χ1) is 12.1. The molecule has 0 atom stereocenters. The quantitative estimate of drug-likeness (QED) is 0.667. The molecular formula is C19H16Cl2N2O2. The van der Waals surface area contributed by atoms with Crippen molar-refractivity contribution in [3.63, 3.8) is 0 Å². The summed E-state index contributed by atoms with van der Waals surface area (Å²) in [6.07, 6.45) is 2.40. The zero-order valence-electron chi connectivity index (χ0n) is 13.3. The summed E-state index contributed by atoms with van der Waals surface area (Å²) in [5, 5.41) is 4.18. The molecule has 25 heavy (non-hydrogen) atoms. The molecule has 0 radical (unpaired) electrons. The Morgan fingerprint density at radius 1 is 1.08 bits per heavy atom. The van der Waals surface area contributed by atoms with E-state index in [0.29, 0.717) is 41.1 Å². The molecule has 0 spiro atoms. The van der Waals surface area contributed by atoms with Crippen LogP contribution in [0.4, 0.5) is 0 Å². The molecule has 1 N–H and O–H groups in total. The van der Waals surface area contributed by atoms with Crippen LogP contribution in [0.3, 0.4) is 0 Å². The first-order valence-corrected chi connectivity index (χ1v) is 8.57. The molecule has 6 heteroatoms. The summed E-state index contributed by atoms with van der Waals surface area (Å²) in [4.78, 5) is 16.2. The maximum atomic E-state index is 12.0. The Morgan fingerprint density at radius 3 is 2.64 bits per heavy atom. The van der Waals surface area contributed by atoms with Gasteiger partial charge in [0.25, 0.3) is 0 Å². The summed E-state index contributed by atoms with van der Waals surface area (Å²) in [6.45, 7) is 0.445. The highest BCUT2D eigenvalue weighted by molar-refractivity contribution is 6.30. The monoisotopic (exact) mass is 374 g/mol. The molecule has 3 aromatic rings. The van der Waals surface area contributed by atoms with Gasteiger partial charge in [0.15, 0.2) is 11.7 Å². The molecule has 0 saturated heterocycles. The van der Waals surface area contributed by atoms with Crippen molar-refractivity contribution in [1.82, 2.24) is 10.3 Å². The molecule has 1 aromatic heterocycles. The molecule has 0 fully saturated rings. The fraction of sp³-hybridized carbons (Fsp3) is 0.158. The molecule has 0 bridgehead atoms. The van der Waals surface area contributed by atoms with Gasteiger partial charge in [0.2, 0.25) is 5.91 Å². The lowest BCUT2D eigenvalue weighted by molar-refractivity contribution is -0.121. The van der Waals surface area contributed by atoms with Gasteiger partial charge >= 0.3 is 0 Å². The lowest BCUT2D eigenvalue weighted by Crippen LogP contribution is -2.23. The second-order valence-corrected chi connectivity index (χ2v) is 6.40. The van der Waals surface area contributed by atoms with Gasteiger partial charge in [-0.3, -0.25) is 4.79 Å². The van der Waals surface area contributed by atoms with Gasteiger partial charge in [-0.25, -0.2) is 4.98 Å². The summed E-state index contributed by atoms with van der Waals surface area (Å²) in [5.41, 5.74) is 1.86. The average Bonchev–Trinajstić information content (AvgIpc) is 3.08. The lowest BCUT2D eigenvalue weighted by Gasteiger charge is -2.05. The molecule has 1 amide bonds. The van der Waals surface area contributed by atoms with Gasteiger partial charge in [0.1, 0.15) is 0 Å². The zero-order chi connectivity index (χ0) is 17.6. The Bertz CT molecular complexity index is 860. The Hall–Kier alpha value is -2.30. The summed E-state index contributed by atoms with van der Waals surface area (Å²) >= 11 is 11.8. The Morgan fingerprint density at radius 2 is 1.88 bits per heavy atom. The molecule has 128 valence electrons. The molecule has 0 unspecified atom stereocenters. The SMILES string of the molecule is O=C(CCc1ncc(-c2ccc(Cl)cc2)o1)NCc1cccc(Cl)c1. The highest BCUT2D eigenvalue weighted by Crippen LogP contribution is 2.22. The summed E-state index contributed by atoms with van der Waals surface area (Å²) in [5.74, 6) is 1.13. The van der Waals surface area contributed by atoms with Gasteiger partial charge in [-0.1, -0.05) is 35.3 Å². The Labute approximate surface area is 155 Å². The number of rotatable bonds is 6. The highest BCUT2D eigenvalue weighted by Gasteiger charge is 2.09. The number of nitrogens with zero attached hydrogens (tertiary/aromatic N) is 1. The zero-order valence-corrected chi connectivity index (χ0v) is 14.8. The van der Waals surface area contributed by atoms with Gasteiger partial charge in [-0.2, -0.15) is 0 Å². The van der Waals surface area contributed by atoms with E-state index in [-0.39, 0.29) is 5.91 Å². The van der Waals surface area contributed by atoms with Crippen molar-refractivity contribution in [2.24, 2.45) is 0 Å². The number of carbonyl (C=O) groups is 1. The normalized spacial score (nSPS) is 10.6. The molecule has 0 saturated carbocycles. The number of aryl methyl sites for hydroxylation is 1. The van der Waals surface area contributed by atoms with Crippen LogP contribution in [0.25, 0.3) is 11.3 Å². The lowest BCUT2D eigenvalue weighted by atomic mass is 10.2. The van der Waals surface area contributed by atoms with Gasteiger partial charge in [0.05, 0.1) is 6.20 Å². The van der Waals surface area contributed by atoms with Crippen LogP contribution in [-0.4, -0.2) is 10.9 Å². The average molecular weight is 375 g/mol. The topological polar surface area (TPSA) is 55.1 Å². The van der Waals surface area contributed by atoms with Crippen molar-refractivity contribution < 1.29 is 9.21 Å². The molecule has 0 aliphatic rings. The van der Waals surface area contributed by atoms with E-state index in [1.54, 1.807) is 24.4 Å². The predicted molar refractivity (Wildman–Crippen MR) is 98.6 cm³/mol. The molecule has 4 nitrogen and oxygen atoms in total. The van der Waals surface area contributed by atoms with Crippen molar-refractivity contribution in [3.05, 3.63) is 76.2 Å². The third-order valence-corrected chi connectivity index (χ3v) is 4.11. The predicted octanol–water partition coefficient (Wildman–Crippen LogP) is 4.90. The third kappa shape index (κ3) is 5.08. The minimum atomic E-state index is -0.0637. The first-order valence-electron chi connectivity index (χ1n) is 7.82. The maximum Gasteiger partial charge on any atom is 0.220 e.